The van der Waals surface area contributed by atoms with E-state index in [0.717, 1.165) is 43.0 Å². The summed E-state index contributed by atoms with van der Waals surface area (Å²) in [6.45, 7) is 4.16. The van der Waals surface area contributed by atoms with Gasteiger partial charge >= 0.3 is 0 Å². The summed E-state index contributed by atoms with van der Waals surface area (Å²) in [6, 6.07) is 8.71. The molecule has 2 aliphatic heterocycles. The van der Waals surface area contributed by atoms with Crippen LogP contribution in [0.5, 0.6) is 0 Å². The van der Waals surface area contributed by atoms with Crippen LogP contribution in [0.2, 0.25) is 0 Å². The quantitative estimate of drug-likeness (QED) is 0.821. The fraction of sp³-hybridized carbons (Fsp3) is 0.545. The van der Waals surface area contributed by atoms with E-state index in [0.29, 0.717) is 17.4 Å². The molecule has 0 bridgehead atoms. The van der Waals surface area contributed by atoms with Crippen LogP contribution in [0.3, 0.4) is 0 Å². The van der Waals surface area contributed by atoms with Crippen LogP contribution >= 0.6 is 0 Å². The van der Waals surface area contributed by atoms with Crippen molar-refractivity contribution in [3.8, 4) is 6.07 Å². The number of anilines is 1. The lowest BCUT2D eigenvalue weighted by atomic mass is 9.63. The first-order chi connectivity index (χ1) is 12.7. The lowest BCUT2D eigenvalue weighted by Crippen LogP contribution is -2.43. The Morgan fingerprint density at radius 1 is 0.962 bits per heavy atom. The van der Waals surface area contributed by atoms with Crippen molar-refractivity contribution in [3.05, 3.63) is 34.9 Å². The summed E-state index contributed by atoms with van der Waals surface area (Å²) < 4.78 is 0. The van der Waals surface area contributed by atoms with Gasteiger partial charge in [-0.15, -0.1) is 0 Å². The van der Waals surface area contributed by atoms with Gasteiger partial charge in [0.1, 0.15) is 11.6 Å². The van der Waals surface area contributed by atoms with E-state index < -0.39 is 0 Å². The van der Waals surface area contributed by atoms with Gasteiger partial charge in [0.25, 0.3) is 0 Å². The van der Waals surface area contributed by atoms with Gasteiger partial charge in [-0.2, -0.15) is 5.26 Å². The Kier molecular flexibility index (Phi) is 3.60. The first-order valence-corrected chi connectivity index (χ1v) is 10.00. The number of benzene rings is 1. The fourth-order valence-electron chi connectivity index (χ4n) is 5.06. The Balaban J connectivity index is 1.53. The molecule has 1 aromatic rings. The van der Waals surface area contributed by atoms with Crippen molar-refractivity contribution in [2.75, 3.05) is 31.1 Å². The number of allylic oxidation sites excluding steroid dienone is 1. The number of likely N-dealkylation sites (tertiary alicyclic amines) is 1. The Hall–Kier alpha value is -2.28. The molecule has 0 radical (unpaired) electrons. The molecule has 1 saturated carbocycles. The zero-order valence-corrected chi connectivity index (χ0v) is 15.3. The molecular formula is C22H25N3O. The van der Waals surface area contributed by atoms with Crippen molar-refractivity contribution in [3.63, 3.8) is 0 Å². The van der Waals surface area contributed by atoms with Crippen LogP contribution in [-0.4, -0.2) is 36.9 Å². The van der Waals surface area contributed by atoms with E-state index >= 15 is 0 Å². The average molecular weight is 347 g/mol. The minimum absolute atomic E-state index is 0.0179. The van der Waals surface area contributed by atoms with Crippen molar-refractivity contribution in [1.29, 1.82) is 5.26 Å². The Labute approximate surface area is 155 Å². The second-order valence-electron chi connectivity index (χ2n) is 8.46. The number of Topliss-reactive ketones (excluding diaryl/α,β-unsaturated/α-hetero) is 1. The van der Waals surface area contributed by atoms with Crippen molar-refractivity contribution < 1.29 is 4.79 Å². The molecule has 2 aliphatic carbocycles. The highest BCUT2D eigenvalue weighted by Gasteiger charge is 2.41. The van der Waals surface area contributed by atoms with E-state index in [1.807, 2.05) is 0 Å². The molecule has 2 heterocycles. The normalized spacial score (nSPS) is 24.0. The minimum Gasteiger partial charge on any atom is -0.371 e. The number of carbonyl (C=O) groups is 1. The first-order valence-electron chi connectivity index (χ1n) is 10.00. The van der Waals surface area contributed by atoms with E-state index in [4.69, 9.17) is 0 Å². The van der Waals surface area contributed by atoms with Gasteiger partial charge in [0.05, 0.1) is 5.70 Å². The van der Waals surface area contributed by atoms with Gasteiger partial charge in [0.15, 0.2) is 5.78 Å². The molecule has 26 heavy (non-hydrogen) atoms. The largest absolute Gasteiger partial charge is 0.371 e. The van der Waals surface area contributed by atoms with Crippen molar-refractivity contribution in [2.45, 2.75) is 44.9 Å². The second-order valence-corrected chi connectivity index (χ2v) is 8.46. The first kappa shape index (κ1) is 15.9. The van der Waals surface area contributed by atoms with E-state index in [1.165, 1.54) is 44.2 Å². The highest BCUT2D eigenvalue weighted by molar-refractivity contribution is 6.10. The van der Waals surface area contributed by atoms with Gasteiger partial charge in [0.2, 0.25) is 0 Å². The molecule has 5 rings (SSSR count). The average Bonchev–Trinajstić information content (AvgIpc) is 2.58. The zero-order valence-electron chi connectivity index (χ0n) is 15.3. The van der Waals surface area contributed by atoms with Crippen molar-refractivity contribution in [1.82, 2.24) is 4.90 Å². The predicted octanol–water partition coefficient (Wildman–Crippen LogP) is 3.52. The summed E-state index contributed by atoms with van der Waals surface area (Å²) in [7, 11) is 0. The third-order valence-corrected chi connectivity index (χ3v) is 7.10. The number of rotatable bonds is 2. The van der Waals surface area contributed by atoms with Crippen LogP contribution in [0.25, 0.3) is 5.70 Å². The molecule has 1 aromatic carbocycles. The Morgan fingerprint density at radius 3 is 2.31 bits per heavy atom. The van der Waals surface area contributed by atoms with Gasteiger partial charge in [0, 0.05) is 43.9 Å². The van der Waals surface area contributed by atoms with Crippen LogP contribution in [0.4, 0.5) is 5.69 Å². The SMILES string of the molecule is N#CC1=C(N2CCC3(CCC3)CC2)c2cc(N3CCC3)ccc2CC1=O. The fourth-order valence-corrected chi connectivity index (χ4v) is 5.06. The number of nitrogens with zero attached hydrogens (tertiary/aromatic N) is 3. The van der Waals surface area contributed by atoms with E-state index in [-0.39, 0.29) is 5.78 Å². The number of hydrogen-bond donors (Lipinski definition) is 0. The van der Waals surface area contributed by atoms with Crippen molar-refractivity contribution >= 4 is 17.2 Å². The summed E-state index contributed by atoms with van der Waals surface area (Å²) in [5.74, 6) is -0.0179. The van der Waals surface area contributed by atoms with Gasteiger partial charge in [-0.1, -0.05) is 12.5 Å². The lowest BCUT2D eigenvalue weighted by molar-refractivity contribution is -0.114. The molecule has 134 valence electrons. The van der Waals surface area contributed by atoms with Crippen LogP contribution in [0.1, 0.15) is 49.7 Å². The molecule has 0 N–H and O–H groups in total. The van der Waals surface area contributed by atoms with Gasteiger partial charge in [-0.25, -0.2) is 0 Å². The summed E-state index contributed by atoms with van der Waals surface area (Å²) >= 11 is 0. The maximum Gasteiger partial charge on any atom is 0.179 e. The van der Waals surface area contributed by atoms with Gasteiger partial charge in [-0.3, -0.25) is 4.79 Å². The molecule has 4 nitrogen and oxygen atoms in total. The number of piperidine rings is 1. The van der Waals surface area contributed by atoms with E-state index in [1.54, 1.807) is 0 Å². The number of fused-ring (bicyclic) bond motifs is 1. The summed E-state index contributed by atoms with van der Waals surface area (Å²) in [6.07, 6.45) is 8.09. The second kappa shape index (κ2) is 5.87. The lowest BCUT2D eigenvalue weighted by Gasteiger charge is -2.49. The standard InChI is InChI=1S/C22H25N3O/c23-15-19-20(26)13-16-3-4-17(24-9-2-10-24)14-18(16)21(19)25-11-7-22(8-12-25)5-1-6-22/h3-4,14H,1-2,5-13H2. The topological polar surface area (TPSA) is 47.3 Å². The third kappa shape index (κ3) is 2.37. The summed E-state index contributed by atoms with van der Waals surface area (Å²) in [4.78, 5) is 17.3. The molecule has 0 amide bonds. The summed E-state index contributed by atoms with van der Waals surface area (Å²) in [5, 5.41) is 9.72. The number of hydrogen-bond acceptors (Lipinski definition) is 4. The van der Waals surface area contributed by atoms with Crippen LogP contribution < -0.4 is 4.90 Å². The highest BCUT2D eigenvalue weighted by Crippen LogP contribution is 2.50. The smallest absolute Gasteiger partial charge is 0.179 e. The summed E-state index contributed by atoms with van der Waals surface area (Å²) in [5.41, 5.74) is 5.28. The maximum atomic E-state index is 12.6. The number of carbonyl (C=O) groups excluding carboxylic acids is 1. The molecule has 0 aromatic heterocycles. The van der Waals surface area contributed by atoms with Crippen molar-refractivity contribution in [2.24, 2.45) is 5.41 Å². The molecule has 4 aliphatic rings. The Morgan fingerprint density at radius 2 is 1.73 bits per heavy atom. The predicted molar refractivity (Wildman–Crippen MR) is 102 cm³/mol. The molecule has 3 fully saturated rings. The van der Waals surface area contributed by atoms with Crippen LogP contribution in [-0.2, 0) is 11.2 Å². The zero-order chi connectivity index (χ0) is 17.7. The number of nitriles is 1. The van der Waals surface area contributed by atoms with Gasteiger partial charge in [-0.05, 0) is 55.2 Å². The highest BCUT2D eigenvalue weighted by atomic mass is 16.1. The maximum absolute atomic E-state index is 12.6. The Bertz CT molecular complexity index is 829. The minimum atomic E-state index is -0.0179. The van der Waals surface area contributed by atoms with E-state index in [2.05, 4.69) is 34.1 Å². The van der Waals surface area contributed by atoms with E-state index in [9.17, 15) is 10.1 Å². The molecule has 4 heteroatoms. The molecule has 0 unspecified atom stereocenters. The molecule has 0 atom stereocenters. The molecule has 1 spiro atoms. The monoisotopic (exact) mass is 347 g/mol. The van der Waals surface area contributed by atoms with Gasteiger partial charge < -0.3 is 9.80 Å². The van der Waals surface area contributed by atoms with Crippen LogP contribution in [0.15, 0.2) is 23.8 Å². The third-order valence-electron chi connectivity index (χ3n) is 7.10. The van der Waals surface area contributed by atoms with Crippen LogP contribution in [0, 0.1) is 16.7 Å². The number of ketones is 1. The molecular weight excluding hydrogens is 322 g/mol. The molecule has 2 saturated heterocycles.